The largest absolute Gasteiger partial charge is 0.381 e. The van der Waals surface area contributed by atoms with Crippen LogP contribution in [0.15, 0.2) is 0 Å². The Bertz CT molecular complexity index is 120. The number of rotatable bonds is 1. The summed E-state index contributed by atoms with van der Waals surface area (Å²) in [6, 6.07) is 0.801. The molecule has 0 bridgehead atoms. The van der Waals surface area contributed by atoms with Crippen LogP contribution in [0, 0.1) is 5.92 Å². The lowest BCUT2D eigenvalue weighted by atomic mass is 9.77. The zero-order valence-electron chi connectivity index (χ0n) is 6.17. The van der Waals surface area contributed by atoms with Gasteiger partial charge in [0, 0.05) is 19.1 Å². The summed E-state index contributed by atoms with van der Waals surface area (Å²) in [6.07, 6.45) is 3.13. The fraction of sp³-hybridized carbons (Fsp3) is 1.00. The van der Waals surface area contributed by atoms with Gasteiger partial charge in [-0.15, -0.1) is 12.4 Å². The summed E-state index contributed by atoms with van der Waals surface area (Å²) in [7, 11) is 1.82. The van der Waals surface area contributed by atoms with Gasteiger partial charge in [0.1, 0.15) is 0 Å². The molecule has 3 atom stereocenters. The first-order valence-corrected chi connectivity index (χ1v) is 3.68. The van der Waals surface area contributed by atoms with Gasteiger partial charge in [-0.25, -0.2) is 0 Å². The third kappa shape index (κ3) is 1.04. The van der Waals surface area contributed by atoms with Crippen LogP contribution in [0.4, 0.5) is 0 Å². The van der Waals surface area contributed by atoms with E-state index in [1.165, 1.54) is 19.4 Å². The number of hydrogen-bond donors (Lipinski definition) is 1. The Labute approximate surface area is 67.7 Å². The number of halogens is 1. The highest BCUT2D eigenvalue weighted by Crippen LogP contribution is 2.36. The number of ether oxygens (including phenoxy) is 1. The highest BCUT2D eigenvalue weighted by atomic mass is 35.5. The van der Waals surface area contributed by atoms with Gasteiger partial charge >= 0.3 is 0 Å². The first kappa shape index (κ1) is 8.31. The Hall–Kier alpha value is 0.210. The highest BCUT2D eigenvalue weighted by Gasteiger charge is 2.43. The van der Waals surface area contributed by atoms with Crippen molar-refractivity contribution >= 4 is 12.4 Å². The molecule has 0 amide bonds. The zero-order chi connectivity index (χ0) is 6.27. The molecule has 0 aromatic rings. The van der Waals surface area contributed by atoms with Crippen molar-refractivity contribution in [2.75, 3.05) is 13.7 Å². The molecule has 10 heavy (non-hydrogen) atoms. The summed E-state index contributed by atoms with van der Waals surface area (Å²) in [4.78, 5) is 0. The molecule has 1 N–H and O–H groups in total. The fourth-order valence-corrected chi connectivity index (χ4v) is 1.99. The molecular formula is C7H14ClNO. The Morgan fingerprint density at radius 2 is 2.30 bits per heavy atom. The molecule has 1 heterocycles. The van der Waals surface area contributed by atoms with Crippen molar-refractivity contribution < 1.29 is 4.74 Å². The molecule has 1 saturated carbocycles. The quantitative estimate of drug-likeness (QED) is 0.618. The lowest BCUT2D eigenvalue weighted by molar-refractivity contribution is -0.0247. The summed E-state index contributed by atoms with van der Waals surface area (Å²) < 4.78 is 5.26. The van der Waals surface area contributed by atoms with Crippen LogP contribution < -0.4 is 5.32 Å². The average Bonchev–Trinajstić information content (AvgIpc) is 2.14. The average molecular weight is 164 g/mol. The van der Waals surface area contributed by atoms with Crippen molar-refractivity contribution in [3.8, 4) is 0 Å². The maximum atomic E-state index is 5.26. The van der Waals surface area contributed by atoms with E-state index in [2.05, 4.69) is 5.32 Å². The van der Waals surface area contributed by atoms with E-state index in [0.717, 1.165) is 12.0 Å². The number of nitrogens with one attached hydrogen (secondary N) is 1. The van der Waals surface area contributed by atoms with Crippen LogP contribution in [-0.4, -0.2) is 25.8 Å². The lowest BCUT2D eigenvalue weighted by Gasteiger charge is -2.38. The van der Waals surface area contributed by atoms with Gasteiger partial charge in [0.2, 0.25) is 0 Å². The van der Waals surface area contributed by atoms with Gasteiger partial charge in [-0.1, -0.05) is 0 Å². The summed E-state index contributed by atoms with van der Waals surface area (Å²) in [5, 5.41) is 3.44. The molecule has 1 aliphatic carbocycles. The van der Waals surface area contributed by atoms with E-state index >= 15 is 0 Å². The molecule has 0 aromatic heterocycles. The second kappa shape index (κ2) is 3.07. The highest BCUT2D eigenvalue weighted by molar-refractivity contribution is 5.85. The minimum Gasteiger partial charge on any atom is -0.381 e. The maximum absolute atomic E-state index is 5.26. The Morgan fingerprint density at radius 1 is 1.50 bits per heavy atom. The van der Waals surface area contributed by atoms with Gasteiger partial charge in [0.25, 0.3) is 0 Å². The molecule has 1 saturated heterocycles. The van der Waals surface area contributed by atoms with E-state index in [-0.39, 0.29) is 12.4 Å². The van der Waals surface area contributed by atoms with Crippen LogP contribution in [0.3, 0.4) is 0 Å². The van der Waals surface area contributed by atoms with E-state index in [9.17, 15) is 0 Å². The van der Waals surface area contributed by atoms with Crippen LogP contribution in [0.5, 0.6) is 0 Å². The van der Waals surface area contributed by atoms with Crippen LogP contribution in [-0.2, 0) is 4.74 Å². The maximum Gasteiger partial charge on any atom is 0.0629 e. The summed E-state index contributed by atoms with van der Waals surface area (Å²) in [5.41, 5.74) is 0. The zero-order valence-corrected chi connectivity index (χ0v) is 6.99. The monoisotopic (exact) mass is 163 g/mol. The third-order valence-electron chi connectivity index (χ3n) is 2.67. The van der Waals surface area contributed by atoms with E-state index in [0.29, 0.717) is 6.10 Å². The number of hydrogen-bond acceptors (Lipinski definition) is 2. The molecule has 2 aliphatic rings. The molecule has 0 radical (unpaired) electrons. The molecule has 2 fully saturated rings. The summed E-state index contributed by atoms with van der Waals surface area (Å²) in [5.74, 6) is 0.843. The molecule has 60 valence electrons. The molecule has 2 rings (SSSR count). The fourth-order valence-electron chi connectivity index (χ4n) is 1.99. The molecule has 0 unspecified atom stereocenters. The number of methoxy groups -OCH3 is 1. The van der Waals surface area contributed by atoms with E-state index in [4.69, 9.17) is 4.74 Å². The van der Waals surface area contributed by atoms with Crippen LogP contribution in [0.1, 0.15) is 12.8 Å². The predicted octanol–water partition coefficient (Wildman–Crippen LogP) is 0.805. The van der Waals surface area contributed by atoms with E-state index < -0.39 is 0 Å². The summed E-state index contributed by atoms with van der Waals surface area (Å²) >= 11 is 0. The SMILES string of the molecule is CO[C@@H]1C[C@H]2NCC[C@H]21.Cl. The molecule has 0 spiro atoms. The first-order valence-electron chi connectivity index (χ1n) is 3.68. The van der Waals surface area contributed by atoms with Gasteiger partial charge < -0.3 is 10.1 Å². The summed E-state index contributed by atoms with van der Waals surface area (Å²) in [6.45, 7) is 1.20. The van der Waals surface area contributed by atoms with Crippen molar-refractivity contribution in [3.63, 3.8) is 0 Å². The van der Waals surface area contributed by atoms with Gasteiger partial charge in [-0.3, -0.25) is 0 Å². The van der Waals surface area contributed by atoms with Crippen molar-refractivity contribution in [1.29, 1.82) is 0 Å². The van der Waals surface area contributed by atoms with Gasteiger partial charge in [-0.05, 0) is 19.4 Å². The van der Waals surface area contributed by atoms with Crippen molar-refractivity contribution in [2.45, 2.75) is 25.0 Å². The second-order valence-electron chi connectivity index (χ2n) is 3.02. The van der Waals surface area contributed by atoms with Gasteiger partial charge in [-0.2, -0.15) is 0 Å². The Morgan fingerprint density at radius 3 is 2.90 bits per heavy atom. The van der Waals surface area contributed by atoms with Crippen molar-refractivity contribution in [3.05, 3.63) is 0 Å². The van der Waals surface area contributed by atoms with Crippen LogP contribution >= 0.6 is 12.4 Å². The minimum atomic E-state index is 0. The van der Waals surface area contributed by atoms with Gasteiger partial charge in [0.15, 0.2) is 0 Å². The molecule has 2 nitrogen and oxygen atoms in total. The number of fused-ring (bicyclic) bond motifs is 1. The standard InChI is InChI=1S/C7H13NO.ClH/c1-9-7-4-6-5(7)2-3-8-6;/h5-8H,2-4H2,1H3;1H/t5-,6-,7-;/m1./s1. The lowest BCUT2D eigenvalue weighted by Crippen LogP contribution is -2.48. The Balaban J connectivity index is 0.000000500. The first-order chi connectivity index (χ1) is 4.42. The molecule has 3 heteroatoms. The van der Waals surface area contributed by atoms with E-state index in [1.807, 2.05) is 7.11 Å². The van der Waals surface area contributed by atoms with Crippen LogP contribution in [0.25, 0.3) is 0 Å². The Kier molecular flexibility index (Phi) is 2.55. The minimum absolute atomic E-state index is 0. The van der Waals surface area contributed by atoms with Crippen molar-refractivity contribution in [1.82, 2.24) is 5.32 Å². The van der Waals surface area contributed by atoms with Crippen molar-refractivity contribution in [2.24, 2.45) is 5.92 Å². The third-order valence-corrected chi connectivity index (χ3v) is 2.67. The second-order valence-corrected chi connectivity index (χ2v) is 3.02. The van der Waals surface area contributed by atoms with E-state index in [1.54, 1.807) is 0 Å². The topological polar surface area (TPSA) is 21.3 Å². The smallest absolute Gasteiger partial charge is 0.0629 e. The molecule has 1 aliphatic heterocycles. The van der Waals surface area contributed by atoms with Crippen LogP contribution in [0.2, 0.25) is 0 Å². The molecule has 0 aromatic carbocycles. The predicted molar refractivity (Wildman–Crippen MR) is 42.6 cm³/mol. The molecular weight excluding hydrogens is 150 g/mol. The normalized spacial score (nSPS) is 43.5. The van der Waals surface area contributed by atoms with Gasteiger partial charge in [0.05, 0.1) is 6.10 Å².